The van der Waals surface area contributed by atoms with Gasteiger partial charge in [-0.3, -0.25) is 0 Å². The molecule has 0 N–H and O–H groups in total. The van der Waals surface area contributed by atoms with Crippen molar-refractivity contribution in [1.29, 1.82) is 0 Å². The first-order valence-electron chi connectivity index (χ1n) is 6.65. The Bertz CT molecular complexity index is 506. The molecule has 0 saturated carbocycles. The molecular formula is C16H18S5. The zero-order valence-electron chi connectivity index (χ0n) is 11.6. The molecule has 0 aliphatic rings. The maximum atomic E-state index is 4.36. The summed E-state index contributed by atoms with van der Waals surface area (Å²) in [7, 11) is 0. The Labute approximate surface area is 151 Å². The van der Waals surface area contributed by atoms with Gasteiger partial charge >= 0.3 is 0 Å². The summed E-state index contributed by atoms with van der Waals surface area (Å²) in [5.41, 5.74) is 0. The van der Waals surface area contributed by atoms with E-state index in [-0.39, 0.29) is 0 Å². The van der Waals surface area contributed by atoms with Crippen LogP contribution in [0.5, 0.6) is 0 Å². The van der Waals surface area contributed by atoms with Gasteiger partial charge in [0, 0.05) is 42.6 Å². The summed E-state index contributed by atoms with van der Waals surface area (Å²) in [4.78, 5) is 4.69. The summed E-state index contributed by atoms with van der Waals surface area (Å²) in [6.07, 6.45) is 0. The third-order valence-electron chi connectivity index (χ3n) is 2.63. The van der Waals surface area contributed by atoms with Crippen molar-refractivity contribution in [3.63, 3.8) is 0 Å². The van der Waals surface area contributed by atoms with Crippen LogP contribution >= 0.6 is 60.5 Å². The van der Waals surface area contributed by atoms with E-state index in [0.717, 1.165) is 21.3 Å². The van der Waals surface area contributed by atoms with E-state index in [1.54, 1.807) is 0 Å². The monoisotopic (exact) mass is 370 g/mol. The summed E-state index contributed by atoms with van der Waals surface area (Å²) >= 11 is 14.5. The molecule has 2 aromatic rings. The highest BCUT2D eigenvalue weighted by atomic mass is 32.2. The lowest BCUT2D eigenvalue weighted by molar-refractivity contribution is 1.33. The van der Waals surface area contributed by atoms with E-state index in [1.165, 1.54) is 21.3 Å². The fourth-order valence-corrected chi connectivity index (χ4v) is 5.37. The highest BCUT2D eigenvalue weighted by molar-refractivity contribution is 8.04. The van der Waals surface area contributed by atoms with Crippen molar-refractivity contribution in [1.82, 2.24) is 0 Å². The average molecular weight is 371 g/mol. The second-order valence-electron chi connectivity index (χ2n) is 4.30. The fourth-order valence-electron chi connectivity index (χ4n) is 1.69. The molecule has 0 saturated heterocycles. The first-order valence-corrected chi connectivity index (χ1v) is 10.7. The van der Waals surface area contributed by atoms with Crippen LogP contribution in [0.2, 0.25) is 0 Å². The maximum Gasteiger partial charge on any atom is 0.00832 e. The molecule has 0 radical (unpaired) electrons. The van der Waals surface area contributed by atoms with Gasteiger partial charge in [-0.25, -0.2) is 0 Å². The van der Waals surface area contributed by atoms with E-state index in [0.29, 0.717) is 0 Å². The van der Waals surface area contributed by atoms with Gasteiger partial charge in [-0.05, 0) is 36.4 Å². The highest BCUT2D eigenvalue weighted by Crippen LogP contribution is 2.24. The average Bonchev–Trinajstić information content (AvgIpc) is 2.46. The first-order chi connectivity index (χ1) is 10.2. The van der Waals surface area contributed by atoms with Crippen molar-refractivity contribution in [3.8, 4) is 0 Å². The molecule has 0 fully saturated rings. The van der Waals surface area contributed by atoms with Gasteiger partial charge in [0.15, 0.2) is 0 Å². The van der Waals surface area contributed by atoms with Gasteiger partial charge in [0.05, 0.1) is 0 Å². The van der Waals surface area contributed by atoms with E-state index in [1.807, 2.05) is 47.4 Å². The van der Waals surface area contributed by atoms with Crippen LogP contribution < -0.4 is 0 Å². The molecule has 0 aliphatic heterocycles. The van der Waals surface area contributed by atoms with Crippen LogP contribution in [-0.4, -0.2) is 23.0 Å². The molecule has 0 nitrogen and oxygen atoms in total. The third kappa shape index (κ3) is 7.33. The Morgan fingerprint density at radius 3 is 1.57 bits per heavy atom. The van der Waals surface area contributed by atoms with Gasteiger partial charge in [-0.15, -0.1) is 48.8 Å². The van der Waals surface area contributed by atoms with Crippen LogP contribution in [0.4, 0.5) is 0 Å². The highest BCUT2D eigenvalue weighted by Gasteiger charge is 1.97. The molecular weight excluding hydrogens is 353 g/mol. The number of hydrogen-bond acceptors (Lipinski definition) is 5. The standard InChI is InChI=1S/C16H18S5/c17-13-3-1-5-15(11-13)20-9-7-19-8-10-21-16-6-2-4-14(18)12-16/h1-6,11-12,17-18H,7-10H2. The van der Waals surface area contributed by atoms with Crippen LogP contribution in [0.3, 0.4) is 0 Å². The molecule has 0 atom stereocenters. The topological polar surface area (TPSA) is 0 Å². The smallest absolute Gasteiger partial charge is 0.00832 e. The van der Waals surface area contributed by atoms with Crippen LogP contribution in [-0.2, 0) is 0 Å². The zero-order valence-corrected chi connectivity index (χ0v) is 15.8. The summed E-state index contributed by atoms with van der Waals surface area (Å²) in [6, 6.07) is 16.7. The number of thiol groups is 2. The van der Waals surface area contributed by atoms with Gasteiger partial charge in [-0.2, -0.15) is 11.8 Å². The SMILES string of the molecule is Sc1cccc(SCCSCCSc2cccc(S)c2)c1. The molecule has 0 spiro atoms. The van der Waals surface area contributed by atoms with Crippen molar-refractivity contribution in [2.24, 2.45) is 0 Å². The predicted molar refractivity (Wildman–Crippen MR) is 106 cm³/mol. The van der Waals surface area contributed by atoms with Crippen molar-refractivity contribution >= 4 is 60.5 Å². The Balaban J connectivity index is 1.54. The maximum absolute atomic E-state index is 4.36. The Morgan fingerprint density at radius 2 is 1.14 bits per heavy atom. The lowest BCUT2D eigenvalue weighted by atomic mass is 10.4. The minimum Gasteiger partial charge on any atom is -0.160 e. The number of thioether (sulfide) groups is 3. The Morgan fingerprint density at radius 1 is 0.667 bits per heavy atom. The third-order valence-corrected chi connectivity index (χ3v) is 6.68. The summed E-state index contributed by atoms with van der Waals surface area (Å²) in [6.45, 7) is 0. The van der Waals surface area contributed by atoms with Gasteiger partial charge in [0.25, 0.3) is 0 Å². The molecule has 0 unspecified atom stereocenters. The van der Waals surface area contributed by atoms with Crippen molar-refractivity contribution in [2.75, 3.05) is 23.0 Å². The summed E-state index contributed by atoms with van der Waals surface area (Å²) in [5, 5.41) is 0. The van der Waals surface area contributed by atoms with Crippen molar-refractivity contribution < 1.29 is 0 Å². The molecule has 112 valence electrons. The molecule has 5 heteroatoms. The van der Waals surface area contributed by atoms with Crippen molar-refractivity contribution in [3.05, 3.63) is 48.5 Å². The molecule has 0 heterocycles. The number of hydrogen-bond donors (Lipinski definition) is 2. The van der Waals surface area contributed by atoms with E-state index < -0.39 is 0 Å². The number of rotatable bonds is 8. The quantitative estimate of drug-likeness (QED) is 0.338. The summed E-state index contributed by atoms with van der Waals surface area (Å²) in [5.74, 6) is 4.68. The minimum absolute atomic E-state index is 1.04. The molecule has 21 heavy (non-hydrogen) atoms. The van der Waals surface area contributed by atoms with Crippen LogP contribution in [0.25, 0.3) is 0 Å². The summed E-state index contributed by atoms with van der Waals surface area (Å²) < 4.78 is 0. The minimum atomic E-state index is 1.04. The van der Waals surface area contributed by atoms with Gasteiger partial charge in [-0.1, -0.05) is 12.1 Å². The number of benzene rings is 2. The normalized spacial score (nSPS) is 10.8. The van der Waals surface area contributed by atoms with E-state index in [9.17, 15) is 0 Å². The second kappa shape index (κ2) is 10.1. The van der Waals surface area contributed by atoms with Gasteiger partial charge in [0.2, 0.25) is 0 Å². The van der Waals surface area contributed by atoms with Crippen LogP contribution in [0, 0.1) is 0 Å². The van der Waals surface area contributed by atoms with Crippen molar-refractivity contribution in [2.45, 2.75) is 19.6 Å². The largest absolute Gasteiger partial charge is 0.160 e. The second-order valence-corrected chi connectivity index (χ2v) is 8.90. The molecule has 0 aromatic heterocycles. The van der Waals surface area contributed by atoms with Gasteiger partial charge in [0.1, 0.15) is 0 Å². The Hall–Kier alpha value is 0.190. The zero-order chi connectivity index (χ0) is 14.9. The van der Waals surface area contributed by atoms with Crippen LogP contribution in [0.1, 0.15) is 0 Å². The van der Waals surface area contributed by atoms with Gasteiger partial charge < -0.3 is 0 Å². The Kier molecular flexibility index (Phi) is 8.40. The lowest BCUT2D eigenvalue weighted by Crippen LogP contribution is -1.89. The van der Waals surface area contributed by atoms with Crippen LogP contribution in [0.15, 0.2) is 68.1 Å². The molecule has 2 aromatic carbocycles. The molecule has 0 amide bonds. The molecule has 0 bridgehead atoms. The fraction of sp³-hybridized carbons (Fsp3) is 0.250. The predicted octanol–water partition coefficient (Wildman–Crippen LogP) is 5.88. The first kappa shape index (κ1) is 17.5. The van der Waals surface area contributed by atoms with E-state index in [4.69, 9.17) is 0 Å². The van der Waals surface area contributed by atoms with E-state index in [2.05, 4.69) is 61.7 Å². The lowest BCUT2D eigenvalue weighted by Gasteiger charge is -2.04. The molecule has 2 rings (SSSR count). The molecule has 0 aliphatic carbocycles. The van der Waals surface area contributed by atoms with E-state index >= 15 is 0 Å².